The first kappa shape index (κ1) is 16.4. The second kappa shape index (κ2) is 5.13. The van der Waals surface area contributed by atoms with Crippen LogP contribution in [0.4, 0.5) is 0 Å². The van der Waals surface area contributed by atoms with Gasteiger partial charge in [-0.15, -0.1) is 0 Å². The fourth-order valence-corrected chi connectivity index (χ4v) is 4.29. The van der Waals surface area contributed by atoms with Crippen molar-refractivity contribution in [3.05, 3.63) is 53.4 Å². The molecule has 0 fully saturated rings. The molecule has 3 heteroatoms. The van der Waals surface area contributed by atoms with Crippen molar-refractivity contribution in [3.8, 4) is 22.8 Å². The summed E-state index contributed by atoms with van der Waals surface area (Å²) < 4.78 is 14.6. The molecule has 3 nitrogen and oxygen atoms in total. The van der Waals surface area contributed by atoms with Gasteiger partial charge < -0.3 is 9.15 Å². The van der Waals surface area contributed by atoms with E-state index in [1.807, 2.05) is 6.07 Å². The van der Waals surface area contributed by atoms with Crippen LogP contribution in [0.1, 0.15) is 37.5 Å². The Morgan fingerprint density at radius 2 is 1.78 bits per heavy atom. The van der Waals surface area contributed by atoms with Crippen LogP contribution in [0.3, 0.4) is 0 Å². The molecule has 0 aliphatic carbocycles. The molecule has 0 bridgehead atoms. The molecule has 27 heavy (non-hydrogen) atoms. The second-order valence-corrected chi connectivity index (χ2v) is 8.68. The standard InChI is InChI=1S/C24H24NO2/c1-13-17-8-10-26-22(17)14(2)19-21-20-15(7-9-25(21)6)11-16(24(3,4)5)12-18(20)27-23(13)19/h7-12H,1-6H3/q+1. The van der Waals surface area contributed by atoms with E-state index in [0.717, 1.165) is 39.2 Å². The number of benzene rings is 2. The molecule has 1 aliphatic rings. The molecule has 1 aliphatic heterocycles. The minimum atomic E-state index is 0.0615. The summed E-state index contributed by atoms with van der Waals surface area (Å²) in [7, 11) is 2.10. The molecule has 2 aromatic heterocycles. The molecule has 0 spiro atoms. The highest BCUT2D eigenvalue weighted by atomic mass is 16.5. The maximum atomic E-state index is 6.57. The fourth-order valence-electron chi connectivity index (χ4n) is 4.29. The normalized spacial score (nSPS) is 13.1. The SMILES string of the molecule is Cc1c2c(c(C)c3occc13)-c1c3c(cc(C(C)(C)C)cc3cc[n+]1C)O2. The van der Waals surface area contributed by atoms with Gasteiger partial charge in [-0.25, -0.2) is 4.57 Å². The third kappa shape index (κ3) is 2.11. The molecule has 0 saturated carbocycles. The average molecular weight is 358 g/mol. The molecule has 3 heterocycles. The van der Waals surface area contributed by atoms with E-state index in [9.17, 15) is 0 Å². The lowest BCUT2D eigenvalue weighted by atomic mass is 9.84. The van der Waals surface area contributed by atoms with E-state index >= 15 is 0 Å². The lowest BCUT2D eigenvalue weighted by Gasteiger charge is -2.26. The number of hydrogen-bond acceptors (Lipinski definition) is 2. The Hall–Kier alpha value is -2.81. The minimum Gasteiger partial charge on any atom is -0.464 e. The van der Waals surface area contributed by atoms with Crippen LogP contribution in [0.5, 0.6) is 11.5 Å². The van der Waals surface area contributed by atoms with Crippen molar-refractivity contribution in [1.82, 2.24) is 0 Å². The molecule has 0 atom stereocenters. The molecular weight excluding hydrogens is 334 g/mol. The van der Waals surface area contributed by atoms with Gasteiger partial charge >= 0.3 is 0 Å². The van der Waals surface area contributed by atoms with Gasteiger partial charge in [-0.05, 0) is 48.4 Å². The van der Waals surface area contributed by atoms with Crippen LogP contribution < -0.4 is 9.30 Å². The summed E-state index contributed by atoms with van der Waals surface area (Å²) in [4.78, 5) is 0. The van der Waals surface area contributed by atoms with Crippen LogP contribution >= 0.6 is 0 Å². The average Bonchev–Trinajstić information content (AvgIpc) is 3.11. The molecule has 0 unspecified atom stereocenters. The number of ether oxygens (including phenoxy) is 1. The van der Waals surface area contributed by atoms with E-state index in [1.54, 1.807) is 6.26 Å². The Kier molecular flexibility index (Phi) is 3.11. The number of aryl methyl sites for hydroxylation is 3. The summed E-state index contributed by atoms with van der Waals surface area (Å²) in [5, 5.41) is 3.51. The van der Waals surface area contributed by atoms with Gasteiger partial charge in [0.15, 0.2) is 6.20 Å². The van der Waals surface area contributed by atoms with Crippen molar-refractivity contribution in [1.29, 1.82) is 0 Å². The number of nitrogens with zero attached hydrogens (tertiary/aromatic N) is 1. The lowest BCUT2D eigenvalue weighted by Crippen LogP contribution is -2.32. The van der Waals surface area contributed by atoms with E-state index in [4.69, 9.17) is 9.15 Å². The van der Waals surface area contributed by atoms with Gasteiger partial charge in [0.1, 0.15) is 24.1 Å². The van der Waals surface area contributed by atoms with Crippen LogP contribution in [0.25, 0.3) is 33.0 Å². The molecule has 2 aromatic carbocycles. The minimum absolute atomic E-state index is 0.0615. The van der Waals surface area contributed by atoms with Crippen LogP contribution in [0, 0.1) is 13.8 Å². The molecule has 136 valence electrons. The number of pyridine rings is 1. The molecule has 0 amide bonds. The summed E-state index contributed by atoms with van der Waals surface area (Å²) in [6.07, 6.45) is 3.91. The quantitative estimate of drug-likeness (QED) is 0.313. The van der Waals surface area contributed by atoms with Crippen LogP contribution in [0.2, 0.25) is 0 Å². The maximum Gasteiger partial charge on any atom is 0.228 e. The predicted octanol–water partition coefficient (Wildman–Crippen LogP) is 6.10. The number of fused-ring (bicyclic) bond motifs is 3. The number of aromatic nitrogens is 1. The Balaban J connectivity index is 1.97. The van der Waals surface area contributed by atoms with Crippen molar-refractivity contribution in [3.63, 3.8) is 0 Å². The van der Waals surface area contributed by atoms with E-state index in [1.165, 1.54) is 22.0 Å². The Bertz CT molecular complexity index is 1260. The third-order valence-corrected chi connectivity index (χ3v) is 5.87. The summed E-state index contributed by atoms with van der Waals surface area (Å²) in [6.45, 7) is 11.0. The molecule has 4 aromatic rings. The van der Waals surface area contributed by atoms with Crippen LogP contribution in [-0.4, -0.2) is 0 Å². The first-order valence-corrected chi connectivity index (χ1v) is 9.43. The van der Waals surface area contributed by atoms with Crippen molar-refractivity contribution in [2.45, 2.75) is 40.0 Å². The van der Waals surface area contributed by atoms with Gasteiger partial charge in [0.25, 0.3) is 0 Å². The number of hydrogen-bond donors (Lipinski definition) is 0. The van der Waals surface area contributed by atoms with Crippen molar-refractivity contribution < 1.29 is 13.7 Å². The van der Waals surface area contributed by atoms with Gasteiger partial charge in [0.2, 0.25) is 5.69 Å². The number of rotatable bonds is 0. The largest absolute Gasteiger partial charge is 0.464 e. The van der Waals surface area contributed by atoms with Gasteiger partial charge in [-0.2, -0.15) is 0 Å². The molecular formula is C24H24NO2+. The zero-order chi connectivity index (χ0) is 19.1. The molecule has 5 rings (SSSR count). The molecule has 0 saturated heterocycles. The monoisotopic (exact) mass is 358 g/mol. The lowest BCUT2D eigenvalue weighted by molar-refractivity contribution is -0.659. The van der Waals surface area contributed by atoms with Gasteiger partial charge in [0.05, 0.1) is 17.2 Å². The highest BCUT2D eigenvalue weighted by molar-refractivity contribution is 6.05. The first-order chi connectivity index (χ1) is 12.8. The highest BCUT2D eigenvalue weighted by Crippen LogP contribution is 2.51. The van der Waals surface area contributed by atoms with Crippen LogP contribution in [0.15, 0.2) is 41.1 Å². The zero-order valence-corrected chi connectivity index (χ0v) is 16.7. The Morgan fingerprint density at radius 3 is 2.52 bits per heavy atom. The van der Waals surface area contributed by atoms with E-state index in [-0.39, 0.29) is 5.41 Å². The maximum absolute atomic E-state index is 6.57. The van der Waals surface area contributed by atoms with Gasteiger partial charge in [0, 0.05) is 22.6 Å². The number of furan rings is 1. The van der Waals surface area contributed by atoms with Crippen LogP contribution in [-0.2, 0) is 12.5 Å². The highest BCUT2D eigenvalue weighted by Gasteiger charge is 2.33. The second-order valence-electron chi connectivity index (χ2n) is 8.68. The molecule has 0 radical (unpaired) electrons. The summed E-state index contributed by atoms with van der Waals surface area (Å²) >= 11 is 0. The summed E-state index contributed by atoms with van der Waals surface area (Å²) in [6, 6.07) is 8.72. The van der Waals surface area contributed by atoms with Gasteiger partial charge in [-0.3, -0.25) is 0 Å². The Labute approximate surface area is 159 Å². The summed E-state index contributed by atoms with van der Waals surface area (Å²) in [5.74, 6) is 1.89. The van der Waals surface area contributed by atoms with Crippen molar-refractivity contribution in [2.24, 2.45) is 7.05 Å². The van der Waals surface area contributed by atoms with E-state index in [2.05, 4.69) is 70.6 Å². The first-order valence-electron chi connectivity index (χ1n) is 9.43. The third-order valence-electron chi connectivity index (χ3n) is 5.87. The summed E-state index contributed by atoms with van der Waals surface area (Å²) in [5.41, 5.74) is 6.88. The van der Waals surface area contributed by atoms with Crippen molar-refractivity contribution >= 4 is 21.7 Å². The van der Waals surface area contributed by atoms with Crippen molar-refractivity contribution in [2.75, 3.05) is 0 Å². The van der Waals surface area contributed by atoms with Gasteiger partial charge in [-0.1, -0.05) is 20.8 Å². The smallest absolute Gasteiger partial charge is 0.228 e. The zero-order valence-electron chi connectivity index (χ0n) is 16.7. The molecule has 0 N–H and O–H groups in total. The fraction of sp³-hybridized carbons (Fsp3) is 0.292. The topological polar surface area (TPSA) is 26.2 Å². The Morgan fingerprint density at radius 1 is 1.00 bits per heavy atom. The van der Waals surface area contributed by atoms with E-state index < -0.39 is 0 Å². The van der Waals surface area contributed by atoms with E-state index in [0.29, 0.717) is 0 Å². The predicted molar refractivity (Wildman–Crippen MR) is 109 cm³/mol.